The normalized spacial score (nSPS) is 27.9. The molecular weight excluding hydrogens is 402 g/mol. The van der Waals surface area contributed by atoms with Crippen LogP contribution in [0, 0.1) is 0 Å². The maximum Gasteiger partial charge on any atom is 0.279 e. The molecule has 0 spiro atoms. The Hall–Kier alpha value is -1.48. The highest BCUT2D eigenvalue weighted by Gasteiger charge is 2.36. The van der Waals surface area contributed by atoms with E-state index < -0.39 is 10.2 Å². The summed E-state index contributed by atoms with van der Waals surface area (Å²) in [5, 5.41) is 0. The molecule has 1 N–H and O–H groups in total. The summed E-state index contributed by atoms with van der Waals surface area (Å²) in [5.74, 6) is 0.541. The second kappa shape index (κ2) is 10.2. The molecule has 1 aliphatic heterocycles. The van der Waals surface area contributed by atoms with Gasteiger partial charge in [0.25, 0.3) is 10.2 Å². The highest BCUT2D eigenvalue weighted by molar-refractivity contribution is 7.87. The van der Waals surface area contributed by atoms with E-state index in [9.17, 15) is 13.2 Å². The van der Waals surface area contributed by atoms with E-state index in [1.807, 2.05) is 6.07 Å². The summed E-state index contributed by atoms with van der Waals surface area (Å²) < 4.78 is 34.9. The third kappa shape index (κ3) is 5.81. The SMILES string of the molecule is CC(=O)N1CCCC(NS(=O)(=O)N(C)C)[C@@H]1CO[C@H]1CC[C@@H](c2ccccc2)CC1. The van der Waals surface area contributed by atoms with Crippen LogP contribution in [0.15, 0.2) is 30.3 Å². The predicted molar refractivity (Wildman–Crippen MR) is 117 cm³/mol. The molecule has 1 heterocycles. The third-order valence-corrected chi connectivity index (χ3v) is 7.97. The Bertz CT molecular complexity index is 792. The van der Waals surface area contributed by atoms with Crippen LogP contribution < -0.4 is 4.72 Å². The van der Waals surface area contributed by atoms with Gasteiger partial charge in [-0.3, -0.25) is 4.79 Å². The average molecular weight is 438 g/mol. The van der Waals surface area contributed by atoms with Crippen LogP contribution >= 0.6 is 0 Å². The van der Waals surface area contributed by atoms with Crippen LogP contribution in [0.1, 0.15) is 56.9 Å². The number of nitrogens with zero attached hydrogens (tertiary/aromatic N) is 2. The molecule has 0 aromatic heterocycles. The molecule has 7 nitrogen and oxygen atoms in total. The molecule has 0 bridgehead atoms. The number of amides is 1. The Balaban J connectivity index is 1.59. The number of benzene rings is 1. The van der Waals surface area contributed by atoms with Gasteiger partial charge in [0.05, 0.1) is 18.8 Å². The van der Waals surface area contributed by atoms with Crippen molar-refractivity contribution < 1.29 is 17.9 Å². The standard InChI is InChI=1S/C22H35N3O4S/c1-17(26)25-15-7-10-21(23-30(27,28)24(2)3)22(25)16-29-20-13-11-19(12-14-20)18-8-5-4-6-9-18/h4-6,8-9,19-23H,7,10-16H2,1-3H3/t19-,20+,21?,22-/m0/s1. The van der Waals surface area contributed by atoms with E-state index in [0.29, 0.717) is 25.5 Å². The van der Waals surface area contributed by atoms with E-state index in [-0.39, 0.29) is 24.1 Å². The van der Waals surface area contributed by atoms with Crippen LogP contribution in [0.3, 0.4) is 0 Å². The molecule has 1 aliphatic carbocycles. The maximum atomic E-state index is 12.4. The summed E-state index contributed by atoms with van der Waals surface area (Å²) in [6.45, 7) is 2.55. The van der Waals surface area contributed by atoms with Crippen molar-refractivity contribution in [1.29, 1.82) is 0 Å². The first-order valence-corrected chi connectivity index (χ1v) is 12.4. The molecule has 1 saturated carbocycles. The number of hydrogen-bond acceptors (Lipinski definition) is 4. The Labute approximate surface area is 180 Å². The number of piperidine rings is 1. The van der Waals surface area contributed by atoms with Gasteiger partial charge >= 0.3 is 0 Å². The monoisotopic (exact) mass is 437 g/mol. The summed E-state index contributed by atoms with van der Waals surface area (Å²) in [6.07, 6.45) is 5.79. The smallest absolute Gasteiger partial charge is 0.279 e. The average Bonchev–Trinajstić information content (AvgIpc) is 2.73. The van der Waals surface area contributed by atoms with E-state index >= 15 is 0 Å². The molecule has 2 aliphatic rings. The topological polar surface area (TPSA) is 79.0 Å². The van der Waals surface area contributed by atoms with Crippen molar-refractivity contribution in [3.05, 3.63) is 35.9 Å². The van der Waals surface area contributed by atoms with Crippen LogP contribution in [0.5, 0.6) is 0 Å². The van der Waals surface area contributed by atoms with Gasteiger partial charge in [-0.25, -0.2) is 0 Å². The van der Waals surface area contributed by atoms with Crippen LogP contribution in [0.25, 0.3) is 0 Å². The van der Waals surface area contributed by atoms with Crippen molar-refractivity contribution in [1.82, 2.24) is 13.9 Å². The number of ether oxygens (including phenoxy) is 1. The Morgan fingerprint density at radius 2 is 1.80 bits per heavy atom. The number of carbonyl (C=O) groups excluding carboxylic acids is 1. The van der Waals surface area contributed by atoms with E-state index in [1.165, 1.54) is 24.0 Å². The third-order valence-electron chi connectivity index (χ3n) is 6.41. The zero-order valence-corrected chi connectivity index (χ0v) is 19.1. The van der Waals surface area contributed by atoms with Crippen LogP contribution in [0.2, 0.25) is 0 Å². The summed E-state index contributed by atoms with van der Waals surface area (Å²) in [4.78, 5) is 14.0. The van der Waals surface area contributed by atoms with Gasteiger partial charge in [-0.1, -0.05) is 30.3 Å². The van der Waals surface area contributed by atoms with E-state index in [2.05, 4.69) is 29.0 Å². The van der Waals surface area contributed by atoms with Crippen molar-refractivity contribution in [2.45, 2.75) is 69.6 Å². The largest absolute Gasteiger partial charge is 0.376 e. The molecule has 1 amide bonds. The van der Waals surface area contributed by atoms with Crippen molar-refractivity contribution >= 4 is 16.1 Å². The minimum absolute atomic E-state index is 0.0369. The Kier molecular flexibility index (Phi) is 7.90. The van der Waals surface area contributed by atoms with Gasteiger partial charge in [0, 0.05) is 33.6 Å². The molecule has 3 rings (SSSR count). The van der Waals surface area contributed by atoms with E-state index in [0.717, 1.165) is 32.1 Å². The fraction of sp³-hybridized carbons (Fsp3) is 0.682. The van der Waals surface area contributed by atoms with Gasteiger partial charge in [-0.15, -0.1) is 0 Å². The molecule has 1 aromatic rings. The van der Waals surface area contributed by atoms with Crippen molar-refractivity contribution in [2.24, 2.45) is 0 Å². The molecular formula is C22H35N3O4S. The second-order valence-electron chi connectivity index (χ2n) is 8.65. The number of nitrogens with one attached hydrogen (secondary N) is 1. The van der Waals surface area contributed by atoms with Crippen molar-refractivity contribution in [3.8, 4) is 0 Å². The van der Waals surface area contributed by atoms with Gasteiger partial charge in [0.15, 0.2) is 0 Å². The molecule has 2 fully saturated rings. The zero-order chi connectivity index (χ0) is 21.7. The summed E-state index contributed by atoms with van der Waals surface area (Å²) in [7, 11) is -0.562. The lowest BCUT2D eigenvalue weighted by atomic mass is 9.83. The fourth-order valence-electron chi connectivity index (χ4n) is 4.61. The second-order valence-corrected chi connectivity index (χ2v) is 10.6. The minimum Gasteiger partial charge on any atom is -0.376 e. The van der Waals surface area contributed by atoms with Gasteiger partial charge in [-0.05, 0) is 50.0 Å². The quantitative estimate of drug-likeness (QED) is 0.711. The number of carbonyl (C=O) groups is 1. The molecule has 1 unspecified atom stereocenters. The predicted octanol–water partition coefficient (Wildman–Crippen LogP) is 2.50. The first-order chi connectivity index (χ1) is 14.3. The maximum absolute atomic E-state index is 12.4. The molecule has 2 atom stereocenters. The number of rotatable bonds is 7. The minimum atomic E-state index is -3.57. The van der Waals surface area contributed by atoms with Crippen LogP contribution in [-0.2, 0) is 19.7 Å². The van der Waals surface area contributed by atoms with Gasteiger partial charge < -0.3 is 9.64 Å². The van der Waals surface area contributed by atoms with E-state index in [4.69, 9.17) is 4.74 Å². The van der Waals surface area contributed by atoms with Gasteiger partial charge in [-0.2, -0.15) is 17.4 Å². The van der Waals surface area contributed by atoms with Gasteiger partial charge in [0.1, 0.15) is 0 Å². The van der Waals surface area contributed by atoms with Gasteiger partial charge in [0.2, 0.25) is 5.91 Å². The molecule has 30 heavy (non-hydrogen) atoms. The first-order valence-electron chi connectivity index (χ1n) is 10.9. The Morgan fingerprint density at radius 3 is 2.40 bits per heavy atom. The van der Waals surface area contributed by atoms with Crippen molar-refractivity contribution in [2.75, 3.05) is 27.2 Å². The lowest BCUT2D eigenvalue weighted by Gasteiger charge is -2.42. The summed E-state index contributed by atoms with van der Waals surface area (Å²) in [6, 6.07) is 10.00. The molecule has 1 saturated heterocycles. The number of hydrogen-bond donors (Lipinski definition) is 1. The fourth-order valence-corrected chi connectivity index (χ4v) is 5.48. The number of likely N-dealkylation sites (tertiary alicyclic amines) is 1. The lowest BCUT2D eigenvalue weighted by Crippen LogP contribution is -2.59. The summed E-state index contributed by atoms with van der Waals surface area (Å²) in [5.41, 5.74) is 1.39. The zero-order valence-electron chi connectivity index (χ0n) is 18.3. The van der Waals surface area contributed by atoms with E-state index in [1.54, 1.807) is 11.8 Å². The highest BCUT2D eigenvalue weighted by atomic mass is 32.2. The first kappa shape index (κ1) is 23.2. The van der Waals surface area contributed by atoms with Crippen LogP contribution in [0.4, 0.5) is 0 Å². The molecule has 8 heteroatoms. The summed E-state index contributed by atoms with van der Waals surface area (Å²) >= 11 is 0. The molecule has 1 aromatic carbocycles. The lowest BCUT2D eigenvalue weighted by molar-refractivity contribution is -0.136. The molecule has 0 radical (unpaired) electrons. The van der Waals surface area contributed by atoms with Crippen molar-refractivity contribution in [3.63, 3.8) is 0 Å². The highest BCUT2D eigenvalue weighted by Crippen LogP contribution is 2.34. The van der Waals surface area contributed by atoms with Crippen LogP contribution in [-0.4, -0.2) is 69.0 Å². The molecule has 168 valence electrons. The Morgan fingerprint density at radius 1 is 1.13 bits per heavy atom.